The third-order valence-electron chi connectivity index (χ3n) is 8.04. The third-order valence-corrected chi connectivity index (χ3v) is 8.04. The second-order valence-electron chi connectivity index (χ2n) is 10.0. The summed E-state index contributed by atoms with van der Waals surface area (Å²) in [6.07, 6.45) is 5.36. The number of aryl methyl sites for hydroxylation is 1. The largest absolute Gasteiger partial charge is 0.339 e. The fourth-order valence-electron chi connectivity index (χ4n) is 5.92. The second kappa shape index (κ2) is 10.2. The molecule has 0 aromatic heterocycles. The summed E-state index contributed by atoms with van der Waals surface area (Å²) in [5, 5.41) is 0. The Balaban J connectivity index is 1.22. The van der Waals surface area contributed by atoms with Gasteiger partial charge in [-0.3, -0.25) is 14.4 Å². The number of anilines is 1. The van der Waals surface area contributed by atoms with Crippen molar-refractivity contribution < 1.29 is 14.4 Å². The molecule has 1 saturated carbocycles. The van der Waals surface area contributed by atoms with E-state index in [1.807, 2.05) is 57.2 Å². The Bertz CT molecular complexity index is 1090. The number of fused-ring (bicyclic) bond motifs is 1. The van der Waals surface area contributed by atoms with Gasteiger partial charge in [-0.2, -0.15) is 0 Å². The van der Waals surface area contributed by atoms with Crippen molar-refractivity contribution in [3.63, 3.8) is 0 Å². The van der Waals surface area contributed by atoms with E-state index in [1.165, 1.54) is 11.1 Å². The van der Waals surface area contributed by atoms with Crippen LogP contribution >= 0.6 is 0 Å². The highest BCUT2D eigenvalue weighted by atomic mass is 16.2. The minimum absolute atomic E-state index is 0.0261. The van der Waals surface area contributed by atoms with E-state index in [0.717, 1.165) is 44.2 Å². The van der Waals surface area contributed by atoms with Crippen molar-refractivity contribution in [2.75, 3.05) is 37.6 Å². The van der Waals surface area contributed by atoms with E-state index in [0.29, 0.717) is 38.3 Å². The van der Waals surface area contributed by atoms with Gasteiger partial charge < -0.3 is 14.7 Å². The number of amides is 3. The predicted octanol–water partition coefficient (Wildman–Crippen LogP) is 3.93. The molecule has 6 nitrogen and oxygen atoms in total. The number of piperazine rings is 1. The van der Waals surface area contributed by atoms with E-state index < -0.39 is 0 Å². The normalized spacial score (nSPS) is 22.1. The Kier molecular flexibility index (Phi) is 6.89. The smallest absolute Gasteiger partial charge is 0.253 e. The number of para-hydroxylation sites is 1. The summed E-state index contributed by atoms with van der Waals surface area (Å²) in [7, 11) is 0. The van der Waals surface area contributed by atoms with Gasteiger partial charge in [0, 0.05) is 49.9 Å². The summed E-state index contributed by atoms with van der Waals surface area (Å²) >= 11 is 0. The molecule has 0 spiro atoms. The van der Waals surface area contributed by atoms with E-state index in [9.17, 15) is 14.4 Å². The third kappa shape index (κ3) is 4.71. The van der Waals surface area contributed by atoms with Crippen LogP contribution in [0.2, 0.25) is 0 Å². The summed E-state index contributed by atoms with van der Waals surface area (Å²) in [5.74, 6) is -0.280. The average molecular weight is 474 g/mol. The molecule has 2 atom stereocenters. The molecule has 1 aliphatic carbocycles. The lowest BCUT2D eigenvalue weighted by molar-refractivity contribution is -0.144. The van der Waals surface area contributed by atoms with Gasteiger partial charge in [0.2, 0.25) is 11.8 Å². The monoisotopic (exact) mass is 473 g/mol. The van der Waals surface area contributed by atoms with Crippen molar-refractivity contribution in [1.82, 2.24) is 9.80 Å². The van der Waals surface area contributed by atoms with Gasteiger partial charge >= 0.3 is 0 Å². The Morgan fingerprint density at radius 2 is 1.40 bits per heavy atom. The van der Waals surface area contributed by atoms with Gasteiger partial charge in [-0.25, -0.2) is 0 Å². The van der Waals surface area contributed by atoms with Crippen molar-refractivity contribution in [2.45, 2.75) is 45.4 Å². The molecule has 3 aliphatic rings. The van der Waals surface area contributed by atoms with Gasteiger partial charge in [0.05, 0.1) is 5.92 Å². The van der Waals surface area contributed by atoms with E-state index in [-0.39, 0.29) is 29.6 Å². The number of benzene rings is 2. The van der Waals surface area contributed by atoms with Crippen LogP contribution in [0.25, 0.3) is 0 Å². The maximum atomic E-state index is 13.6. The van der Waals surface area contributed by atoms with E-state index in [1.54, 1.807) is 0 Å². The SMILES string of the molecule is CCc1ccc(C(=O)N2CCN(C(=O)C3CCCCC3C(=O)N3CCc4ccccc43)CC2)cc1. The highest BCUT2D eigenvalue weighted by molar-refractivity contribution is 5.99. The second-order valence-corrected chi connectivity index (χ2v) is 10.0. The Morgan fingerprint density at radius 3 is 2.09 bits per heavy atom. The molecule has 35 heavy (non-hydrogen) atoms. The van der Waals surface area contributed by atoms with Crippen molar-refractivity contribution >= 4 is 23.4 Å². The fraction of sp³-hybridized carbons (Fsp3) is 0.483. The van der Waals surface area contributed by atoms with Crippen molar-refractivity contribution in [2.24, 2.45) is 11.8 Å². The van der Waals surface area contributed by atoms with E-state index in [4.69, 9.17) is 0 Å². The average Bonchev–Trinajstić information content (AvgIpc) is 3.36. The first-order valence-corrected chi connectivity index (χ1v) is 13.1. The van der Waals surface area contributed by atoms with Crippen molar-refractivity contribution in [1.29, 1.82) is 0 Å². The summed E-state index contributed by atoms with van der Waals surface area (Å²) in [5.41, 5.74) is 4.13. The van der Waals surface area contributed by atoms with Crippen LogP contribution in [0.3, 0.4) is 0 Å². The highest BCUT2D eigenvalue weighted by Gasteiger charge is 2.41. The van der Waals surface area contributed by atoms with Crippen LogP contribution in [0.5, 0.6) is 0 Å². The lowest BCUT2D eigenvalue weighted by Gasteiger charge is -2.39. The van der Waals surface area contributed by atoms with Crippen LogP contribution in [0.15, 0.2) is 48.5 Å². The van der Waals surface area contributed by atoms with Gasteiger partial charge in [0.15, 0.2) is 0 Å². The lowest BCUT2D eigenvalue weighted by atomic mass is 9.77. The Hall–Kier alpha value is -3.15. The zero-order valence-electron chi connectivity index (χ0n) is 20.6. The first-order valence-electron chi connectivity index (χ1n) is 13.1. The van der Waals surface area contributed by atoms with Gasteiger partial charge in [0.1, 0.15) is 0 Å². The number of carbonyl (C=O) groups is 3. The molecule has 2 aliphatic heterocycles. The first-order chi connectivity index (χ1) is 17.1. The zero-order chi connectivity index (χ0) is 24.4. The fourth-order valence-corrected chi connectivity index (χ4v) is 5.92. The molecule has 2 aromatic carbocycles. The van der Waals surface area contributed by atoms with Crippen LogP contribution in [0, 0.1) is 11.8 Å². The molecule has 2 aromatic rings. The summed E-state index contributed by atoms with van der Waals surface area (Å²) in [4.78, 5) is 45.8. The minimum Gasteiger partial charge on any atom is -0.339 e. The zero-order valence-corrected chi connectivity index (χ0v) is 20.6. The maximum Gasteiger partial charge on any atom is 0.253 e. The predicted molar refractivity (Wildman–Crippen MR) is 136 cm³/mol. The molecule has 2 heterocycles. The molecule has 2 unspecified atom stereocenters. The van der Waals surface area contributed by atoms with Crippen molar-refractivity contribution in [3.05, 3.63) is 65.2 Å². The Labute approximate surface area is 207 Å². The molecule has 1 saturated heterocycles. The molecule has 6 heteroatoms. The van der Waals surface area contributed by atoms with Gasteiger partial charge in [-0.05, 0) is 55.0 Å². The van der Waals surface area contributed by atoms with Crippen LogP contribution in [0.4, 0.5) is 5.69 Å². The van der Waals surface area contributed by atoms with Crippen LogP contribution in [-0.2, 0) is 22.4 Å². The van der Waals surface area contributed by atoms with Crippen LogP contribution < -0.4 is 4.90 Å². The number of rotatable bonds is 4. The molecule has 3 amide bonds. The maximum absolute atomic E-state index is 13.6. The molecule has 5 rings (SSSR count). The molecule has 0 bridgehead atoms. The van der Waals surface area contributed by atoms with Gasteiger partial charge in [-0.15, -0.1) is 0 Å². The first kappa shape index (κ1) is 23.6. The molecule has 184 valence electrons. The number of nitrogens with zero attached hydrogens (tertiary/aromatic N) is 3. The summed E-state index contributed by atoms with van der Waals surface area (Å²) in [6, 6.07) is 15.9. The molecular formula is C29H35N3O3. The number of carbonyl (C=O) groups excluding carboxylic acids is 3. The summed E-state index contributed by atoms with van der Waals surface area (Å²) in [6.45, 7) is 4.93. The van der Waals surface area contributed by atoms with Gasteiger partial charge in [-0.1, -0.05) is 50.1 Å². The summed E-state index contributed by atoms with van der Waals surface area (Å²) < 4.78 is 0. The standard InChI is InChI=1S/C29H35N3O3/c1-2-21-11-13-23(14-12-21)27(33)30-17-19-31(20-18-30)28(34)24-8-4-5-9-25(24)29(35)32-16-15-22-7-3-6-10-26(22)32/h3,6-7,10-14,24-25H,2,4-5,8-9,15-20H2,1H3. The Morgan fingerprint density at radius 1 is 0.771 bits per heavy atom. The van der Waals surface area contributed by atoms with Crippen molar-refractivity contribution in [3.8, 4) is 0 Å². The quantitative estimate of drug-likeness (QED) is 0.676. The molecule has 2 fully saturated rings. The van der Waals surface area contributed by atoms with Crippen LogP contribution in [-0.4, -0.2) is 60.2 Å². The van der Waals surface area contributed by atoms with Crippen LogP contribution in [0.1, 0.15) is 54.1 Å². The molecule has 0 radical (unpaired) electrons. The molecular weight excluding hydrogens is 438 g/mol. The number of hydrogen-bond donors (Lipinski definition) is 0. The molecule has 0 N–H and O–H groups in total. The van der Waals surface area contributed by atoms with Gasteiger partial charge in [0.25, 0.3) is 5.91 Å². The van der Waals surface area contributed by atoms with E-state index in [2.05, 4.69) is 13.0 Å². The highest BCUT2D eigenvalue weighted by Crippen LogP contribution is 2.36. The number of hydrogen-bond acceptors (Lipinski definition) is 3. The minimum atomic E-state index is -0.257. The topological polar surface area (TPSA) is 60.9 Å². The van der Waals surface area contributed by atoms with E-state index >= 15 is 0 Å². The lowest BCUT2D eigenvalue weighted by Crippen LogP contribution is -2.54.